The maximum atomic E-state index is 11.9. The van der Waals surface area contributed by atoms with E-state index in [0.717, 1.165) is 18.4 Å². The summed E-state index contributed by atoms with van der Waals surface area (Å²) in [4.78, 5) is 23.6. The van der Waals surface area contributed by atoms with Crippen LogP contribution in [0.4, 0.5) is 0 Å². The molecule has 0 atom stereocenters. The van der Waals surface area contributed by atoms with Crippen molar-refractivity contribution in [3.63, 3.8) is 0 Å². The largest absolute Gasteiger partial charge is 0.354 e. The summed E-state index contributed by atoms with van der Waals surface area (Å²) in [5, 5.41) is 12.5. The van der Waals surface area contributed by atoms with E-state index in [2.05, 4.69) is 20.8 Å². The van der Waals surface area contributed by atoms with Gasteiger partial charge in [0.2, 0.25) is 5.91 Å². The Morgan fingerprint density at radius 2 is 1.96 bits per heavy atom. The third kappa shape index (κ3) is 5.75. The molecule has 0 saturated heterocycles. The number of carbonyl (C=O) groups excluding carboxylic acids is 2. The first-order valence-electron chi connectivity index (χ1n) is 7.44. The molecule has 0 spiro atoms. The first-order chi connectivity index (χ1) is 11.2. The third-order valence-corrected chi connectivity index (χ3v) is 3.60. The van der Waals surface area contributed by atoms with Crippen LogP contribution in [0.3, 0.4) is 0 Å². The molecule has 0 fully saturated rings. The summed E-state index contributed by atoms with van der Waals surface area (Å²) in [6.07, 6.45) is 5.60. The van der Waals surface area contributed by atoms with E-state index in [9.17, 15) is 9.59 Å². The van der Waals surface area contributed by atoms with Crippen LogP contribution in [0.2, 0.25) is 5.02 Å². The predicted octanol–water partition coefficient (Wildman–Crippen LogP) is 1.93. The summed E-state index contributed by atoms with van der Waals surface area (Å²) in [5.74, 6) is -0.273. The lowest BCUT2D eigenvalue weighted by Gasteiger charge is -2.08. The topological polar surface area (TPSA) is 86.9 Å². The fraction of sp³-hybridized carbons (Fsp3) is 0.312. The summed E-state index contributed by atoms with van der Waals surface area (Å²) < 4.78 is 0. The molecule has 122 valence electrons. The molecule has 0 saturated carbocycles. The number of benzene rings is 1. The van der Waals surface area contributed by atoms with Gasteiger partial charge in [0.25, 0.3) is 5.91 Å². The van der Waals surface area contributed by atoms with Gasteiger partial charge >= 0.3 is 0 Å². The molecular weight excluding hydrogens is 316 g/mol. The normalized spacial score (nSPS) is 10.3. The van der Waals surface area contributed by atoms with E-state index in [-0.39, 0.29) is 11.8 Å². The Morgan fingerprint density at radius 3 is 2.70 bits per heavy atom. The Labute approximate surface area is 139 Å². The fourth-order valence-corrected chi connectivity index (χ4v) is 2.30. The van der Waals surface area contributed by atoms with Crippen LogP contribution in [0.15, 0.2) is 36.7 Å². The Bertz CT molecular complexity index is 643. The lowest BCUT2D eigenvalue weighted by molar-refractivity contribution is -0.121. The number of nitrogens with one attached hydrogen (secondary N) is 3. The number of halogens is 1. The zero-order chi connectivity index (χ0) is 16.5. The molecule has 0 unspecified atom stereocenters. The second-order valence-electron chi connectivity index (χ2n) is 5.05. The van der Waals surface area contributed by atoms with Gasteiger partial charge in [-0.25, -0.2) is 0 Å². The predicted molar refractivity (Wildman–Crippen MR) is 88.3 cm³/mol. The Kier molecular flexibility index (Phi) is 6.62. The van der Waals surface area contributed by atoms with Crippen molar-refractivity contribution < 1.29 is 9.59 Å². The fourth-order valence-electron chi connectivity index (χ4n) is 2.07. The first kappa shape index (κ1) is 17.0. The number of aromatic nitrogens is 2. The summed E-state index contributed by atoms with van der Waals surface area (Å²) in [6.45, 7) is 0.748. The molecule has 0 bridgehead atoms. The monoisotopic (exact) mass is 334 g/mol. The van der Waals surface area contributed by atoms with E-state index in [4.69, 9.17) is 11.6 Å². The standard InChI is InChI=1S/C16H19ClN4O2/c17-14-6-2-1-5-13(14)16(23)19-9-8-18-15(22)7-3-4-12-10-20-21-11-12/h1-2,5-6,10-11H,3-4,7-9H2,(H,18,22)(H,19,23)(H,20,21). The number of hydrogen-bond donors (Lipinski definition) is 3. The van der Waals surface area contributed by atoms with Crippen molar-refractivity contribution in [1.82, 2.24) is 20.8 Å². The van der Waals surface area contributed by atoms with Crippen molar-refractivity contribution >= 4 is 23.4 Å². The van der Waals surface area contributed by atoms with Crippen LogP contribution in [-0.2, 0) is 11.2 Å². The highest BCUT2D eigenvalue weighted by Gasteiger charge is 2.08. The van der Waals surface area contributed by atoms with Crippen molar-refractivity contribution in [2.24, 2.45) is 0 Å². The highest BCUT2D eigenvalue weighted by molar-refractivity contribution is 6.33. The molecule has 2 rings (SSSR count). The Balaban J connectivity index is 1.58. The first-order valence-corrected chi connectivity index (χ1v) is 7.81. The van der Waals surface area contributed by atoms with Gasteiger partial charge in [0, 0.05) is 25.7 Å². The van der Waals surface area contributed by atoms with Gasteiger partial charge in [-0.3, -0.25) is 14.7 Å². The van der Waals surface area contributed by atoms with Gasteiger partial charge in [0.05, 0.1) is 16.8 Å². The van der Waals surface area contributed by atoms with Crippen LogP contribution < -0.4 is 10.6 Å². The van der Waals surface area contributed by atoms with Crippen molar-refractivity contribution in [2.75, 3.05) is 13.1 Å². The average Bonchev–Trinajstić information content (AvgIpc) is 3.05. The molecule has 0 radical (unpaired) electrons. The van der Waals surface area contributed by atoms with Crippen LogP contribution in [0.5, 0.6) is 0 Å². The number of nitrogens with zero attached hydrogens (tertiary/aromatic N) is 1. The zero-order valence-corrected chi connectivity index (χ0v) is 13.4. The number of H-pyrrole nitrogens is 1. The second kappa shape index (κ2) is 8.95. The Morgan fingerprint density at radius 1 is 1.17 bits per heavy atom. The minimum Gasteiger partial charge on any atom is -0.354 e. The van der Waals surface area contributed by atoms with Crippen LogP contribution in [0.1, 0.15) is 28.8 Å². The Hall–Kier alpha value is -2.34. The molecule has 1 heterocycles. The van der Waals surface area contributed by atoms with Crippen LogP contribution >= 0.6 is 11.6 Å². The molecule has 2 amide bonds. The van der Waals surface area contributed by atoms with E-state index in [1.807, 2.05) is 6.20 Å². The van der Waals surface area contributed by atoms with Gasteiger partial charge in [-0.2, -0.15) is 5.10 Å². The molecule has 0 aliphatic heterocycles. The minimum absolute atomic E-state index is 0.0273. The van der Waals surface area contributed by atoms with Gasteiger partial charge in [-0.05, 0) is 30.5 Å². The third-order valence-electron chi connectivity index (χ3n) is 3.28. The van der Waals surface area contributed by atoms with Gasteiger partial charge < -0.3 is 10.6 Å². The number of hydrogen-bond acceptors (Lipinski definition) is 3. The van der Waals surface area contributed by atoms with Crippen molar-refractivity contribution in [3.8, 4) is 0 Å². The highest BCUT2D eigenvalue weighted by atomic mass is 35.5. The highest BCUT2D eigenvalue weighted by Crippen LogP contribution is 2.14. The SMILES string of the molecule is O=C(CCCc1cn[nH]c1)NCCNC(=O)c1ccccc1Cl. The van der Waals surface area contributed by atoms with Crippen LogP contribution in [0.25, 0.3) is 0 Å². The second-order valence-corrected chi connectivity index (χ2v) is 5.45. The molecule has 2 aromatic rings. The molecule has 3 N–H and O–H groups in total. The van der Waals surface area contributed by atoms with Crippen molar-refractivity contribution in [3.05, 3.63) is 52.8 Å². The van der Waals surface area contributed by atoms with Crippen LogP contribution in [0, 0.1) is 0 Å². The lowest BCUT2D eigenvalue weighted by atomic mass is 10.1. The molecule has 0 aliphatic carbocycles. The number of aryl methyl sites for hydroxylation is 1. The van der Waals surface area contributed by atoms with Crippen molar-refractivity contribution in [1.29, 1.82) is 0 Å². The minimum atomic E-state index is -0.246. The van der Waals surface area contributed by atoms with Gasteiger partial charge in [0.1, 0.15) is 0 Å². The smallest absolute Gasteiger partial charge is 0.252 e. The molecule has 23 heavy (non-hydrogen) atoms. The van der Waals surface area contributed by atoms with Gasteiger partial charge in [0.15, 0.2) is 0 Å². The molecule has 1 aromatic heterocycles. The lowest BCUT2D eigenvalue weighted by Crippen LogP contribution is -2.34. The molecule has 6 nitrogen and oxygen atoms in total. The van der Waals surface area contributed by atoms with E-state index >= 15 is 0 Å². The van der Waals surface area contributed by atoms with Gasteiger partial charge in [-0.15, -0.1) is 0 Å². The summed E-state index contributed by atoms with van der Waals surface area (Å²) in [6, 6.07) is 6.84. The average molecular weight is 335 g/mol. The summed E-state index contributed by atoms with van der Waals surface area (Å²) in [5.41, 5.74) is 1.52. The summed E-state index contributed by atoms with van der Waals surface area (Å²) in [7, 11) is 0. The number of rotatable bonds is 8. The zero-order valence-electron chi connectivity index (χ0n) is 12.6. The summed E-state index contributed by atoms with van der Waals surface area (Å²) >= 11 is 5.94. The van der Waals surface area contributed by atoms with Crippen LogP contribution in [-0.4, -0.2) is 35.1 Å². The molecule has 1 aromatic carbocycles. The van der Waals surface area contributed by atoms with E-state index < -0.39 is 0 Å². The molecular formula is C16H19ClN4O2. The quantitative estimate of drug-likeness (QED) is 0.645. The maximum absolute atomic E-state index is 11.9. The maximum Gasteiger partial charge on any atom is 0.252 e. The number of aromatic amines is 1. The molecule has 7 heteroatoms. The van der Waals surface area contributed by atoms with Gasteiger partial charge in [-0.1, -0.05) is 23.7 Å². The number of carbonyl (C=O) groups is 2. The van der Waals surface area contributed by atoms with E-state index in [1.54, 1.807) is 30.5 Å². The van der Waals surface area contributed by atoms with E-state index in [0.29, 0.717) is 30.1 Å². The van der Waals surface area contributed by atoms with E-state index in [1.165, 1.54) is 0 Å². The number of amides is 2. The van der Waals surface area contributed by atoms with Crippen molar-refractivity contribution in [2.45, 2.75) is 19.3 Å². The molecule has 0 aliphatic rings.